The van der Waals surface area contributed by atoms with Crippen LogP contribution in [0.4, 0.5) is 15.2 Å². The van der Waals surface area contributed by atoms with Gasteiger partial charge < -0.3 is 26.8 Å². The van der Waals surface area contributed by atoms with Gasteiger partial charge in [-0.05, 0) is 43.7 Å². The van der Waals surface area contributed by atoms with Crippen LogP contribution < -0.4 is 21.7 Å². The molecule has 0 bridgehead atoms. The Kier molecular flexibility index (Phi) is 6.25. The lowest BCUT2D eigenvalue weighted by Gasteiger charge is -2.28. The molecule has 3 heterocycles. The van der Waals surface area contributed by atoms with Crippen LogP contribution >= 0.6 is 11.3 Å². The number of benzene rings is 1. The van der Waals surface area contributed by atoms with Crippen LogP contribution in [0.1, 0.15) is 35.5 Å². The summed E-state index contributed by atoms with van der Waals surface area (Å²) in [6.45, 7) is 5.73. The van der Waals surface area contributed by atoms with Crippen molar-refractivity contribution in [1.82, 2.24) is 15.6 Å². The second-order valence-electron chi connectivity index (χ2n) is 8.35. The maximum atomic E-state index is 14.8. The van der Waals surface area contributed by atoms with E-state index < -0.39 is 17.3 Å². The first-order valence-electron chi connectivity index (χ1n) is 10.3. The summed E-state index contributed by atoms with van der Waals surface area (Å²) >= 11 is 1.22. The van der Waals surface area contributed by atoms with Gasteiger partial charge in [-0.15, -0.1) is 11.3 Å². The zero-order valence-electron chi connectivity index (χ0n) is 17.9. The van der Waals surface area contributed by atoms with E-state index in [0.29, 0.717) is 39.4 Å². The molecule has 0 radical (unpaired) electrons. The number of hydrogen-bond acceptors (Lipinski definition) is 7. The molecule has 1 aliphatic rings. The maximum Gasteiger partial charge on any atom is 0.251 e. The van der Waals surface area contributed by atoms with Crippen LogP contribution in [0, 0.1) is 5.82 Å². The zero-order chi connectivity index (χ0) is 22.9. The number of thiophene rings is 1. The van der Waals surface area contributed by atoms with Crippen LogP contribution in [-0.2, 0) is 12.1 Å². The summed E-state index contributed by atoms with van der Waals surface area (Å²) < 4.78 is 14.8. The molecular weight excluding hydrogens is 429 g/mol. The quantitative estimate of drug-likeness (QED) is 0.357. The minimum atomic E-state index is -1.15. The lowest BCUT2D eigenvalue weighted by Crippen LogP contribution is -2.55. The molecule has 7 nitrogen and oxygen atoms in total. The van der Waals surface area contributed by atoms with Gasteiger partial charge in [-0.3, -0.25) is 4.79 Å². The molecule has 4 rings (SSSR count). The molecule has 1 saturated heterocycles. The van der Waals surface area contributed by atoms with Gasteiger partial charge in [0.2, 0.25) is 0 Å². The molecule has 6 N–H and O–H groups in total. The lowest BCUT2D eigenvalue weighted by molar-refractivity contribution is 0.0782. The van der Waals surface area contributed by atoms with Crippen molar-refractivity contribution in [2.45, 2.75) is 32.0 Å². The van der Waals surface area contributed by atoms with E-state index in [1.807, 2.05) is 12.1 Å². The molecule has 3 aromatic rings. The minimum Gasteiger partial charge on any atom is -0.386 e. The van der Waals surface area contributed by atoms with Gasteiger partial charge in [0.1, 0.15) is 16.6 Å². The smallest absolute Gasteiger partial charge is 0.251 e. The van der Waals surface area contributed by atoms with Crippen LogP contribution in [-0.4, -0.2) is 35.1 Å². The van der Waals surface area contributed by atoms with E-state index in [9.17, 15) is 14.3 Å². The predicted molar refractivity (Wildman–Crippen MR) is 124 cm³/mol. The molecule has 0 aliphatic carbocycles. The largest absolute Gasteiger partial charge is 0.386 e. The number of amides is 1. The van der Waals surface area contributed by atoms with Crippen molar-refractivity contribution < 1.29 is 14.3 Å². The van der Waals surface area contributed by atoms with Crippen molar-refractivity contribution in [2.24, 2.45) is 5.73 Å². The molecule has 0 saturated carbocycles. The number of halogens is 1. The Bertz CT molecular complexity index is 1140. The van der Waals surface area contributed by atoms with Gasteiger partial charge in [-0.25, -0.2) is 9.37 Å². The Labute approximate surface area is 189 Å². The number of carbonyl (C=O) groups excluding carboxylic acids is 1. The molecule has 0 spiro atoms. The van der Waals surface area contributed by atoms with Gasteiger partial charge in [-0.1, -0.05) is 18.2 Å². The highest BCUT2D eigenvalue weighted by Gasteiger charge is 2.21. The molecular formula is C23H26FN5O2S. The summed E-state index contributed by atoms with van der Waals surface area (Å²) in [6, 6.07) is 12.2. The monoisotopic (exact) mass is 455 g/mol. The topological polar surface area (TPSA) is 112 Å². The van der Waals surface area contributed by atoms with E-state index in [1.165, 1.54) is 17.4 Å². The van der Waals surface area contributed by atoms with Gasteiger partial charge in [0.25, 0.3) is 5.91 Å². The van der Waals surface area contributed by atoms with Crippen molar-refractivity contribution in [2.75, 3.05) is 18.4 Å². The summed E-state index contributed by atoms with van der Waals surface area (Å²) in [5, 5.41) is 20.4. The van der Waals surface area contributed by atoms with Gasteiger partial charge in [-0.2, -0.15) is 0 Å². The summed E-state index contributed by atoms with van der Waals surface area (Å²) in [6.07, 6.45) is 0. The number of pyridine rings is 1. The normalized spacial score (nSPS) is 14.2. The number of carbonyl (C=O) groups is 1. The van der Waals surface area contributed by atoms with E-state index in [4.69, 9.17) is 5.73 Å². The number of nitrogens with one attached hydrogen (secondary N) is 3. The van der Waals surface area contributed by atoms with Gasteiger partial charge in [0, 0.05) is 36.1 Å². The molecule has 0 atom stereocenters. The first kappa shape index (κ1) is 22.3. The van der Waals surface area contributed by atoms with E-state index in [1.54, 1.807) is 38.1 Å². The molecule has 1 amide bonds. The van der Waals surface area contributed by atoms with E-state index in [2.05, 4.69) is 20.9 Å². The van der Waals surface area contributed by atoms with Gasteiger partial charge in [0.05, 0.1) is 16.9 Å². The fourth-order valence-corrected chi connectivity index (χ4v) is 4.44. The summed E-state index contributed by atoms with van der Waals surface area (Å²) in [5.74, 6) is -0.520. The Morgan fingerprint density at radius 3 is 2.72 bits per heavy atom. The number of hydrogen-bond donors (Lipinski definition) is 5. The average Bonchev–Trinajstić information content (AvgIpc) is 3.10. The molecule has 2 aromatic heterocycles. The highest BCUT2D eigenvalue weighted by atomic mass is 32.1. The number of nitrogens with zero attached hydrogens (tertiary/aromatic N) is 1. The second kappa shape index (κ2) is 8.95. The Morgan fingerprint density at radius 2 is 2.09 bits per heavy atom. The van der Waals surface area contributed by atoms with Crippen LogP contribution in [0.2, 0.25) is 0 Å². The maximum absolute atomic E-state index is 14.8. The zero-order valence-corrected chi connectivity index (χ0v) is 18.7. The first-order valence-corrected chi connectivity index (χ1v) is 11.2. The van der Waals surface area contributed by atoms with Crippen molar-refractivity contribution in [3.8, 4) is 10.4 Å². The molecule has 9 heteroatoms. The fourth-order valence-electron chi connectivity index (χ4n) is 3.34. The summed E-state index contributed by atoms with van der Waals surface area (Å²) in [4.78, 5) is 17.2. The van der Waals surface area contributed by atoms with Crippen LogP contribution in [0.25, 0.3) is 10.4 Å². The Balaban J connectivity index is 1.58. The molecule has 168 valence electrons. The molecule has 32 heavy (non-hydrogen) atoms. The van der Waals surface area contributed by atoms with E-state index in [0.717, 1.165) is 18.8 Å². The Morgan fingerprint density at radius 1 is 1.31 bits per heavy atom. The van der Waals surface area contributed by atoms with Crippen molar-refractivity contribution in [1.29, 1.82) is 0 Å². The third kappa shape index (κ3) is 4.97. The van der Waals surface area contributed by atoms with Crippen LogP contribution in [0.5, 0.6) is 0 Å². The average molecular weight is 456 g/mol. The molecule has 0 unspecified atom stereocenters. The van der Waals surface area contributed by atoms with E-state index >= 15 is 0 Å². The molecule has 1 fully saturated rings. The van der Waals surface area contributed by atoms with Crippen molar-refractivity contribution in [3.05, 3.63) is 65.1 Å². The predicted octanol–water partition coefficient (Wildman–Crippen LogP) is 3.08. The standard InChI is InChI=1S/C23H26FN5O2S/c1-23(2,31)13-6-7-16(18(24)8-13)19-9-17(21(25)30)22(32-19)29-20-5-3-4-14(28-20)12-27-15-10-26-11-15/h3-9,15,26-27,31H,10-12H2,1-2H3,(H2,25,30)(H,28,29). The summed E-state index contributed by atoms with van der Waals surface area (Å²) in [7, 11) is 0. The third-order valence-electron chi connectivity index (χ3n) is 5.34. The SMILES string of the molecule is CC(C)(O)c1ccc(-c2cc(C(N)=O)c(Nc3cccc(CNC4CNC4)n3)s2)c(F)c1. The highest BCUT2D eigenvalue weighted by Crippen LogP contribution is 2.38. The van der Waals surface area contributed by atoms with Gasteiger partial charge >= 0.3 is 0 Å². The minimum absolute atomic E-state index is 0.266. The third-order valence-corrected chi connectivity index (χ3v) is 6.42. The Hall–Kier alpha value is -2.85. The number of primary amides is 1. The fraction of sp³-hybridized carbons (Fsp3) is 0.304. The number of aliphatic hydroxyl groups is 1. The lowest BCUT2D eigenvalue weighted by atomic mass is 9.96. The second-order valence-corrected chi connectivity index (χ2v) is 9.40. The molecule has 1 aromatic carbocycles. The number of rotatable bonds is 8. The van der Waals surface area contributed by atoms with Crippen LogP contribution in [0.3, 0.4) is 0 Å². The first-order chi connectivity index (χ1) is 15.2. The van der Waals surface area contributed by atoms with E-state index in [-0.39, 0.29) is 5.56 Å². The summed E-state index contributed by atoms with van der Waals surface area (Å²) in [5.41, 5.74) is 6.36. The van der Waals surface area contributed by atoms with Crippen LogP contribution in [0.15, 0.2) is 42.5 Å². The van der Waals surface area contributed by atoms with Crippen molar-refractivity contribution in [3.63, 3.8) is 0 Å². The van der Waals surface area contributed by atoms with Crippen molar-refractivity contribution >= 4 is 28.1 Å². The highest BCUT2D eigenvalue weighted by molar-refractivity contribution is 7.19. The van der Waals surface area contributed by atoms with Gasteiger partial charge in [0.15, 0.2) is 0 Å². The molecule has 1 aliphatic heterocycles. The number of aromatic nitrogens is 1. The number of anilines is 2. The number of nitrogens with two attached hydrogens (primary N) is 1.